The summed E-state index contributed by atoms with van der Waals surface area (Å²) >= 11 is 9.33. The first kappa shape index (κ1) is 18.6. The number of rotatable bonds is 4. The first-order valence-corrected chi connectivity index (χ1v) is 11.0. The van der Waals surface area contributed by atoms with E-state index < -0.39 is 0 Å². The number of hydrogen-bond donors (Lipinski definition) is 0. The molecule has 1 aromatic heterocycles. The van der Waals surface area contributed by atoms with Gasteiger partial charge in [-0.25, -0.2) is 4.98 Å². The predicted octanol–water partition coefficient (Wildman–Crippen LogP) is 4.70. The van der Waals surface area contributed by atoms with Crippen molar-refractivity contribution < 1.29 is 4.79 Å². The van der Waals surface area contributed by atoms with Crippen LogP contribution >= 0.6 is 34.7 Å². The van der Waals surface area contributed by atoms with Gasteiger partial charge in [-0.2, -0.15) is 0 Å². The quantitative estimate of drug-likeness (QED) is 0.576. The zero-order valence-electron chi connectivity index (χ0n) is 15.0. The Morgan fingerprint density at radius 3 is 2.63 bits per heavy atom. The van der Waals surface area contributed by atoms with Gasteiger partial charge in [-0.05, 0) is 37.3 Å². The second-order valence-electron chi connectivity index (χ2n) is 6.58. The summed E-state index contributed by atoms with van der Waals surface area (Å²) in [5.74, 6) is 0.694. The van der Waals surface area contributed by atoms with E-state index in [0.29, 0.717) is 5.75 Å². The van der Waals surface area contributed by atoms with Crippen molar-refractivity contribution in [1.82, 2.24) is 9.88 Å². The minimum absolute atomic E-state index is 0.205. The van der Waals surface area contributed by atoms with Gasteiger partial charge in [0.15, 0.2) is 5.13 Å². The van der Waals surface area contributed by atoms with Crippen LogP contribution in [0.3, 0.4) is 0 Å². The molecular weight excluding hydrogens is 398 g/mol. The number of halogens is 1. The van der Waals surface area contributed by atoms with Crippen LogP contribution in [0, 0.1) is 6.92 Å². The van der Waals surface area contributed by atoms with Crippen molar-refractivity contribution in [3.05, 3.63) is 53.1 Å². The number of thiazole rings is 1. The van der Waals surface area contributed by atoms with Gasteiger partial charge in [-0.3, -0.25) is 4.79 Å². The Hall–Kier alpha value is -1.76. The van der Waals surface area contributed by atoms with Crippen molar-refractivity contribution in [2.75, 3.05) is 36.8 Å². The maximum atomic E-state index is 12.5. The molecule has 0 unspecified atom stereocenters. The standard InChI is InChI=1S/C20H20ClN3OS2/c1-14-2-5-16(6-3-14)26-13-19(25)23-8-10-24(11-9-23)20-22-17-7-4-15(21)12-18(17)27-20/h2-7,12H,8-11,13H2,1H3. The van der Waals surface area contributed by atoms with E-state index in [-0.39, 0.29) is 5.91 Å². The van der Waals surface area contributed by atoms with Crippen LogP contribution < -0.4 is 4.90 Å². The number of carbonyl (C=O) groups is 1. The van der Waals surface area contributed by atoms with Crippen LogP contribution in [0.5, 0.6) is 0 Å². The molecule has 0 bridgehead atoms. The average molecular weight is 418 g/mol. The summed E-state index contributed by atoms with van der Waals surface area (Å²) in [4.78, 5) is 22.6. The highest BCUT2D eigenvalue weighted by molar-refractivity contribution is 8.00. The van der Waals surface area contributed by atoms with E-state index >= 15 is 0 Å². The molecule has 27 heavy (non-hydrogen) atoms. The number of nitrogens with zero attached hydrogens (tertiary/aromatic N) is 3. The first-order valence-electron chi connectivity index (χ1n) is 8.87. The third-order valence-electron chi connectivity index (χ3n) is 4.63. The molecule has 1 aliphatic rings. The van der Waals surface area contributed by atoms with Crippen molar-refractivity contribution in [2.45, 2.75) is 11.8 Å². The van der Waals surface area contributed by atoms with Crippen molar-refractivity contribution in [2.24, 2.45) is 0 Å². The van der Waals surface area contributed by atoms with Crippen LogP contribution in [-0.2, 0) is 4.79 Å². The number of aryl methyl sites for hydroxylation is 1. The Balaban J connectivity index is 1.32. The molecule has 0 saturated carbocycles. The maximum Gasteiger partial charge on any atom is 0.233 e. The van der Waals surface area contributed by atoms with E-state index in [1.165, 1.54) is 5.56 Å². The highest BCUT2D eigenvalue weighted by Crippen LogP contribution is 2.31. The minimum atomic E-state index is 0.205. The second kappa shape index (κ2) is 8.09. The highest BCUT2D eigenvalue weighted by atomic mass is 35.5. The molecular formula is C20H20ClN3OS2. The lowest BCUT2D eigenvalue weighted by Gasteiger charge is -2.34. The number of piperazine rings is 1. The van der Waals surface area contributed by atoms with Crippen LogP contribution in [0.4, 0.5) is 5.13 Å². The summed E-state index contributed by atoms with van der Waals surface area (Å²) in [6.45, 7) is 5.18. The molecule has 1 amide bonds. The normalized spacial score (nSPS) is 14.7. The Morgan fingerprint density at radius 1 is 1.15 bits per heavy atom. The van der Waals surface area contributed by atoms with E-state index in [2.05, 4.69) is 36.1 Å². The van der Waals surface area contributed by atoms with Crippen molar-refractivity contribution in [1.29, 1.82) is 0 Å². The van der Waals surface area contributed by atoms with Gasteiger partial charge in [0.25, 0.3) is 0 Å². The summed E-state index contributed by atoms with van der Waals surface area (Å²) < 4.78 is 1.10. The molecule has 1 aliphatic heterocycles. The van der Waals surface area contributed by atoms with Gasteiger partial charge in [0.2, 0.25) is 5.91 Å². The van der Waals surface area contributed by atoms with Crippen molar-refractivity contribution in [3.63, 3.8) is 0 Å². The van der Waals surface area contributed by atoms with E-state index in [1.54, 1.807) is 23.1 Å². The lowest BCUT2D eigenvalue weighted by atomic mass is 10.2. The van der Waals surface area contributed by atoms with Crippen LogP contribution in [0.2, 0.25) is 5.02 Å². The van der Waals surface area contributed by atoms with Crippen LogP contribution in [0.15, 0.2) is 47.4 Å². The summed E-state index contributed by atoms with van der Waals surface area (Å²) in [5.41, 5.74) is 2.21. The van der Waals surface area contributed by atoms with Crippen molar-refractivity contribution in [3.8, 4) is 0 Å². The van der Waals surface area contributed by atoms with E-state index in [0.717, 1.165) is 51.4 Å². The second-order valence-corrected chi connectivity index (χ2v) is 9.07. The summed E-state index contributed by atoms with van der Waals surface area (Å²) in [6.07, 6.45) is 0. The van der Waals surface area contributed by atoms with Gasteiger partial charge in [-0.1, -0.05) is 40.6 Å². The molecule has 2 heterocycles. The lowest BCUT2D eigenvalue weighted by molar-refractivity contribution is -0.128. The maximum absolute atomic E-state index is 12.5. The molecule has 0 atom stereocenters. The zero-order valence-corrected chi connectivity index (χ0v) is 17.4. The van der Waals surface area contributed by atoms with Gasteiger partial charge in [-0.15, -0.1) is 11.8 Å². The molecule has 2 aromatic carbocycles. The van der Waals surface area contributed by atoms with Crippen LogP contribution in [-0.4, -0.2) is 47.7 Å². The number of amides is 1. The van der Waals surface area contributed by atoms with E-state index in [4.69, 9.17) is 16.6 Å². The molecule has 3 aromatic rings. The van der Waals surface area contributed by atoms with E-state index in [1.807, 2.05) is 23.1 Å². The molecule has 4 rings (SSSR count). The summed E-state index contributed by atoms with van der Waals surface area (Å²) in [6, 6.07) is 14.1. The number of aromatic nitrogens is 1. The largest absolute Gasteiger partial charge is 0.345 e. The fraction of sp³-hybridized carbons (Fsp3) is 0.300. The molecule has 4 nitrogen and oxygen atoms in total. The highest BCUT2D eigenvalue weighted by Gasteiger charge is 2.23. The molecule has 140 valence electrons. The summed E-state index contributed by atoms with van der Waals surface area (Å²) in [7, 11) is 0. The van der Waals surface area contributed by atoms with Crippen LogP contribution in [0.1, 0.15) is 5.56 Å². The Kier molecular flexibility index (Phi) is 5.57. The Morgan fingerprint density at radius 2 is 1.89 bits per heavy atom. The number of thioether (sulfide) groups is 1. The smallest absolute Gasteiger partial charge is 0.233 e. The lowest BCUT2D eigenvalue weighted by Crippen LogP contribution is -2.49. The van der Waals surface area contributed by atoms with Gasteiger partial charge >= 0.3 is 0 Å². The van der Waals surface area contributed by atoms with Crippen molar-refractivity contribution >= 4 is 56.0 Å². The fourth-order valence-corrected chi connectivity index (χ4v) is 5.13. The monoisotopic (exact) mass is 417 g/mol. The van der Waals surface area contributed by atoms with Gasteiger partial charge in [0.1, 0.15) is 0 Å². The molecule has 0 aliphatic carbocycles. The molecule has 0 N–H and O–H groups in total. The molecule has 7 heteroatoms. The topological polar surface area (TPSA) is 36.4 Å². The van der Waals surface area contributed by atoms with E-state index in [9.17, 15) is 4.79 Å². The number of hydrogen-bond acceptors (Lipinski definition) is 5. The predicted molar refractivity (Wildman–Crippen MR) is 115 cm³/mol. The van der Waals surface area contributed by atoms with Gasteiger partial charge < -0.3 is 9.80 Å². The Labute approximate surface area is 172 Å². The SMILES string of the molecule is Cc1ccc(SCC(=O)N2CCN(c3nc4ccc(Cl)cc4s3)CC2)cc1. The Bertz CT molecular complexity index is 950. The number of benzene rings is 2. The summed E-state index contributed by atoms with van der Waals surface area (Å²) in [5, 5.41) is 1.74. The molecule has 1 fully saturated rings. The van der Waals surface area contributed by atoms with Crippen LogP contribution in [0.25, 0.3) is 10.2 Å². The molecule has 1 saturated heterocycles. The van der Waals surface area contributed by atoms with Gasteiger partial charge in [0.05, 0.1) is 16.0 Å². The molecule has 0 radical (unpaired) electrons. The third-order valence-corrected chi connectivity index (χ3v) is 6.94. The third kappa shape index (κ3) is 4.39. The van der Waals surface area contributed by atoms with Gasteiger partial charge in [0, 0.05) is 36.1 Å². The fourth-order valence-electron chi connectivity index (χ4n) is 3.04. The number of anilines is 1. The number of fused-ring (bicyclic) bond motifs is 1. The number of carbonyl (C=O) groups excluding carboxylic acids is 1. The first-order chi connectivity index (χ1) is 13.1. The average Bonchev–Trinajstić information content (AvgIpc) is 3.10. The minimum Gasteiger partial charge on any atom is -0.345 e. The molecule has 0 spiro atoms. The zero-order chi connectivity index (χ0) is 18.8.